The molecule has 0 bridgehead atoms. The summed E-state index contributed by atoms with van der Waals surface area (Å²) >= 11 is 0. The summed E-state index contributed by atoms with van der Waals surface area (Å²) in [5.74, 6) is 1.61. The Morgan fingerprint density at radius 3 is 2.46 bits per heavy atom. The molecule has 1 aliphatic heterocycles. The lowest BCUT2D eigenvalue weighted by atomic mass is 9.94. The highest BCUT2D eigenvalue weighted by Gasteiger charge is 2.25. The number of aromatic hydroxyl groups is 1. The monoisotopic (exact) mass is 354 g/mol. The first-order chi connectivity index (χ1) is 12.6. The maximum absolute atomic E-state index is 10.7. The van der Waals surface area contributed by atoms with Gasteiger partial charge in [0.25, 0.3) is 0 Å². The van der Waals surface area contributed by atoms with E-state index < -0.39 is 0 Å². The Balaban J connectivity index is 1.73. The molecule has 0 spiro atoms. The molecule has 26 heavy (non-hydrogen) atoms. The van der Waals surface area contributed by atoms with Gasteiger partial charge in [0, 0.05) is 43.9 Å². The first kappa shape index (κ1) is 18.7. The molecule has 4 nitrogen and oxygen atoms in total. The highest BCUT2D eigenvalue weighted by atomic mass is 16.5. The zero-order valence-electron chi connectivity index (χ0n) is 15.8. The molecule has 0 unspecified atom stereocenters. The number of phenolic OH excluding ortho intramolecular Hbond substituents is 1. The predicted molar refractivity (Wildman–Crippen MR) is 106 cm³/mol. The number of nitrogens with zero attached hydrogens (tertiary/aromatic N) is 1. The van der Waals surface area contributed by atoms with Crippen LogP contribution in [0.2, 0.25) is 0 Å². The molecule has 1 atom stereocenters. The summed E-state index contributed by atoms with van der Waals surface area (Å²) in [5.41, 5.74) is 2.13. The van der Waals surface area contributed by atoms with Gasteiger partial charge in [-0.15, -0.1) is 0 Å². The number of phenols is 1. The number of piperazine rings is 1. The SMILES string of the molecule is CC(C)C[C@@H](c1ccc(OCc2ccccc2)cc1O)N1CCNCC1. The van der Waals surface area contributed by atoms with Gasteiger partial charge < -0.3 is 15.2 Å². The van der Waals surface area contributed by atoms with Gasteiger partial charge in [-0.3, -0.25) is 4.90 Å². The van der Waals surface area contributed by atoms with Crippen molar-refractivity contribution < 1.29 is 9.84 Å². The standard InChI is InChI=1S/C22H30N2O2/c1-17(2)14-21(24-12-10-23-11-13-24)20-9-8-19(15-22(20)25)26-16-18-6-4-3-5-7-18/h3-9,15,17,21,23,25H,10-14,16H2,1-2H3/t21-/m0/s1. The van der Waals surface area contributed by atoms with Crippen molar-refractivity contribution in [3.8, 4) is 11.5 Å². The van der Waals surface area contributed by atoms with E-state index in [2.05, 4.69) is 24.1 Å². The van der Waals surface area contributed by atoms with Gasteiger partial charge in [-0.2, -0.15) is 0 Å². The summed E-state index contributed by atoms with van der Waals surface area (Å²) in [6.45, 7) is 9.04. The lowest BCUT2D eigenvalue weighted by molar-refractivity contribution is 0.151. The number of hydrogen-bond donors (Lipinski definition) is 2. The molecule has 140 valence electrons. The summed E-state index contributed by atoms with van der Waals surface area (Å²) < 4.78 is 5.85. The van der Waals surface area contributed by atoms with Crippen LogP contribution >= 0.6 is 0 Å². The van der Waals surface area contributed by atoms with Gasteiger partial charge in [0.15, 0.2) is 0 Å². The Morgan fingerprint density at radius 2 is 1.81 bits per heavy atom. The van der Waals surface area contributed by atoms with Crippen molar-refractivity contribution in [2.45, 2.75) is 32.9 Å². The van der Waals surface area contributed by atoms with Crippen LogP contribution in [0, 0.1) is 5.92 Å². The van der Waals surface area contributed by atoms with Gasteiger partial charge in [-0.25, -0.2) is 0 Å². The lowest BCUT2D eigenvalue weighted by Crippen LogP contribution is -2.45. The molecule has 1 aliphatic rings. The highest BCUT2D eigenvalue weighted by molar-refractivity contribution is 5.41. The van der Waals surface area contributed by atoms with Gasteiger partial charge in [-0.05, 0) is 24.0 Å². The average molecular weight is 354 g/mol. The number of rotatable bonds is 7. The molecule has 0 amide bonds. The van der Waals surface area contributed by atoms with E-state index in [1.807, 2.05) is 42.5 Å². The Labute approximate surface area is 156 Å². The van der Waals surface area contributed by atoms with Crippen LogP contribution in [-0.2, 0) is 6.61 Å². The highest BCUT2D eigenvalue weighted by Crippen LogP contribution is 2.36. The Morgan fingerprint density at radius 1 is 1.08 bits per heavy atom. The van der Waals surface area contributed by atoms with Crippen LogP contribution < -0.4 is 10.1 Å². The first-order valence-electron chi connectivity index (χ1n) is 9.58. The van der Waals surface area contributed by atoms with Crippen LogP contribution in [0.25, 0.3) is 0 Å². The minimum Gasteiger partial charge on any atom is -0.507 e. The second kappa shape index (κ2) is 9.06. The fraction of sp³-hybridized carbons (Fsp3) is 0.455. The van der Waals surface area contributed by atoms with Gasteiger partial charge >= 0.3 is 0 Å². The zero-order chi connectivity index (χ0) is 18.4. The molecule has 4 heteroatoms. The van der Waals surface area contributed by atoms with Crippen molar-refractivity contribution in [2.75, 3.05) is 26.2 Å². The number of benzene rings is 2. The maximum Gasteiger partial charge on any atom is 0.124 e. The minimum absolute atomic E-state index is 0.250. The van der Waals surface area contributed by atoms with Gasteiger partial charge in [0.05, 0.1) is 0 Å². The molecule has 0 aromatic heterocycles. The van der Waals surface area contributed by atoms with Gasteiger partial charge in [0.2, 0.25) is 0 Å². The number of nitrogens with one attached hydrogen (secondary N) is 1. The van der Waals surface area contributed by atoms with Crippen molar-refractivity contribution in [3.63, 3.8) is 0 Å². The molecular formula is C22H30N2O2. The van der Waals surface area contributed by atoms with Crippen LogP contribution in [0.1, 0.15) is 37.4 Å². The third-order valence-corrected chi connectivity index (χ3v) is 4.90. The molecular weight excluding hydrogens is 324 g/mol. The maximum atomic E-state index is 10.7. The van der Waals surface area contributed by atoms with E-state index in [0.717, 1.165) is 43.7 Å². The van der Waals surface area contributed by atoms with Gasteiger partial charge in [0.1, 0.15) is 18.1 Å². The smallest absolute Gasteiger partial charge is 0.124 e. The quantitative estimate of drug-likeness (QED) is 0.790. The second-order valence-corrected chi connectivity index (χ2v) is 7.43. The molecule has 2 N–H and O–H groups in total. The van der Waals surface area contributed by atoms with E-state index in [0.29, 0.717) is 24.0 Å². The molecule has 0 aliphatic carbocycles. The number of hydrogen-bond acceptors (Lipinski definition) is 4. The Kier molecular flexibility index (Phi) is 6.53. The molecule has 1 fully saturated rings. The van der Waals surface area contributed by atoms with Crippen molar-refractivity contribution in [1.29, 1.82) is 0 Å². The summed E-state index contributed by atoms with van der Waals surface area (Å²) in [7, 11) is 0. The van der Waals surface area contributed by atoms with E-state index in [1.54, 1.807) is 6.07 Å². The van der Waals surface area contributed by atoms with Crippen LogP contribution in [0.3, 0.4) is 0 Å². The van der Waals surface area contributed by atoms with Crippen LogP contribution in [-0.4, -0.2) is 36.2 Å². The van der Waals surface area contributed by atoms with E-state index >= 15 is 0 Å². The van der Waals surface area contributed by atoms with Crippen LogP contribution in [0.15, 0.2) is 48.5 Å². The topological polar surface area (TPSA) is 44.7 Å². The fourth-order valence-corrected chi connectivity index (χ4v) is 3.55. The lowest BCUT2D eigenvalue weighted by Gasteiger charge is -2.36. The van der Waals surface area contributed by atoms with Crippen LogP contribution in [0.5, 0.6) is 11.5 Å². The van der Waals surface area contributed by atoms with Crippen molar-refractivity contribution in [3.05, 3.63) is 59.7 Å². The van der Waals surface area contributed by atoms with Crippen molar-refractivity contribution >= 4 is 0 Å². The third-order valence-electron chi connectivity index (χ3n) is 4.90. The Bertz CT molecular complexity index is 682. The minimum atomic E-state index is 0.250. The van der Waals surface area contributed by atoms with Gasteiger partial charge in [-0.1, -0.05) is 50.2 Å². The Hall–Kier alpha value is -2.04. The fourth-order valence-electron chi connectivity index (χ4n) is 3.55. The summed E-state index contributed by atoms with van der Waals surface area (Å²) in [5, 5.41) is 14.1. The number of ether oxygens (including phenoxy) is 1. The first-order valence-corrected chi connectivity index (χ1v) is 9.58. The second-order valence-electron chi connectivity index (χ2n) is 7.43. The third kappa shape index (κ3) is 4.99. The largest absolute Gasteiger partial charge is 0.507 e. The summed E-state index contributed by atoms with van der Waals surface area (Å²) in [4.78, 5) is 2.48. The van der Waals surface area contributed by atoms with E-state index in [4.69, 9.17) is 4.74 Å². The molecule has 3 rings (SSSR count). The zero-order valence-corrected chi connectivity index (χ0v) is 15.8. The van der Waals surface area contributed by atoms with Crippen LogP contribution in [0.4, 0.5) is 0 Å². The average Bonchev–Trinajstić information content (AvgIpc) is 2.66. The molecule has 1 saturated heterocycles. The summed E-state index contributed by atoms with van der Waals surface area (Å²) in [6, 6.07) is 16.1. The predicted octanol–water partition coefficient (Wildman–Crippen LogP) is 3.96. The van der Waals surface area contributed by atoms with Crippen molar-refractivity contribution in [2.24, 2.45) is 5.92 Å². The molecule has 1 heterocycles. The summed E-state index contributed by atoms with van der Waals surface area (Å²) in [6.07, 6.45) is 1.04. The molecule has 0 radical (unpaired) electrons. The molecule has 2 aromatic carbocycles. The molecule has 2 aromatic rings. The molecule has 0 saturated carbocycles. The van der Waals surface area contributed by atoms with Crippen molar-refractivity contribution in [1.82, 2.24) is 10.2 Å². The van der Waals surface area contributed by atoms with E-state index in [9.17, 15) is 5.11 Å². The van der Waals surface area contributed by atoms with E-state index in [-0.39, 0.29) is 6.04 Å². The normalized spacial score (nSPS) is 16.6. The van der Waals surface area contributed by atoms with E-state index in [1.165, 1.54) is 0 Å².